The molecule has 1 saturated heterocycles. The second-order valence-electron chi connectivity index (χ2n) is 3.65. The van der Waals surface area contributed by atoms with E-state index in [0.717, 1.165) is 24.5 Å². The average Bonchev–Trinajstić information content (AvgIpc) is 2.59. The molecule has 4 heteroatoms. The summed E-state index contributed by atoms with van der Waals surface area (Å²) in [5.41, 5.74) is 0.869. The van der Waals surface area contributed by atoms with Crippen LogP contribution in [0.2, 0.25) is 10.0 Å². The highest BCUT2D eigenvalue weighted by atomic mass is 35.5. The summed E-state index contributed by atoms with van der Waals surface area (Å²) in [6.07, 6.45) is 2.22. The summed E-state index contributed by atoms with van der Waals surface area (Å²) in [7, 11) is 2.06. The molecule has 1 aromatic carbocycles. The SMILES string of the molecule is CN1CCCC1=Nc1ccc(Cl)c(Cl)c1. The molecule has 0 radical (unpaired) electrons. The van der Waals surface area contributed by atoms with Crippen molar-refractivity contribution in [1.29, 1.82) is 0 Å². The van der Waals surface area contributed by atoms with E-state index in [2.05, 4.69) is 16.9 Å². The van der Waals surface area contributed by atoms with E-state index in [1.54, 1.807) is 12.1 Å². The Bertz CT molecular complexity index is 402. The summed E-state index contributed by atoms with van der Waals surface area (Å²) in [4.78, 5) is 6.71. The molecule has 1 aromatic rings. The number of hydrogen-bond donors (Lipinski definition) is 0. The Morgan fingerprint density at radius 1 is 1.27 bits per heavy atom. The van der Waals surface area contributed by atoms with Gasteiger partial charge < -0.3 is 4.90 Å². The fraction of sp³-hybridized carbons (Fsp3) is 0.364. The van der Waals surface area contributed by atoms with Crippen LogP contribution in [0.4, 0.5) is 5.69 Å². The smallest absolute Gasteiger partial charge is 0.105 e. The number of amidine groups is 1. The van der Waals surface area contributed by atoms with Gasteiger partial charge in [-0.25, -0.2) is 4.99 Å². The van der Waals surface area contributed by atoms with Crippen molar-refractivity contribution in [2.45, 2.75) is 12.8 Å². The molecule has 0 amide bonds. The summed E-state index contributed by atoms with van der Waals surface area (Å²) in [5, 5.41) is 1.12. The molecule has 2 nitrogen and oxygen atoms in total. The molecule has 0 spiro atoms. The van der Waals surface area contributed by atoms with Gasteiger partial charge in [-0.2, -0.15) is 0 Å². The minimum Gasteiger partial charge on any atom is -0.363 e. The largest absolute Gasteiger partial charge is 0.363 e. The molecule has 1 aliphatic rings. The van der Waals surface area contributed by atoms with Gasteiger partial charge in [0.2, 0.25) is 0 Å². The van der Waals surface area contributed by atoms with Crippen LogP contribution in [0, 0.1) is 0 Å². The van der Waals surface area contributed by atoms with E-state index >= 15 is 0 Å². The lowest BCUT2D eigenvalue weighted by Crippen LogP contribution is -2.18. The van der Waals surface area contributed by atoms with Gasteiger partial charge in [0.15, 0.2) is 0 Å². The fourth-order valence-electron chi connectivity index (χ4n) is 1.64. The van der Waals surface area contributed by atoms with Crippen molar-refractivity contribution in [3.63, 3.8) is 0 Å². The first-order valence-electron chi connectivity index (χ1n) is 4.90. The van der Waals surface area contributed by atoms with E-state index in [1.807, 2.05) is 6.07 Å². The number of hydrogen-bond acceptors (Lipinski definition) is 1. The average molecular weight is 243 g/mol. The van der Waals surface area contributed by atoms with E-state index in [9.17, 15) is 0 Å². The minimum absolute atomic E-state index is 0.555. The molecule has 1 aliphatic heterocycles. The number of likely N-dealkylation sites (tertiary alicyclic amines) is 1. The third-order valence-electron chi connectivity index (χ3n) is 2.50. The molecule has 0 saturated carbocycles. The molecule has 1 heterocycles. The second-order valence-corrected chi connectivity index (χ2v) is 4.47. The lowest BCUT2D eigenvalue weighted by atomic mass is 10.3. The highest BCUT2D eigenvalue weighted by molar-refractivity contribution is 6.42. The highest BCUT2D eigenvalue weighted by Gasteiger charge is 2.13. The van der Waals surface area contributed by atoms with Crippen LogP contribution >= 0.6 is 23.2 Å². The van der Waals surface area contributed by atoms with E-state index in [1.165, 1.54) is 6.42 Å². The lowest BCUT2D eigenvalue weighted by molar-refractivity contribution is 0.550. The van der Waals surface area contributed by atoms with Crippen LogP contribution < -0.4 is 0 Å². The molecule has 0 unspecified atom stereocenters. The maximum Gasteiger partial charge on any atom is 0.105 e. The number of halogens is 2. The standard InChI is InChI=1S/C11H12Cl2N2/c1-15-6-2-3-11(15)14-8-4-5-9(12)10(13)7-8/h4-5,7H,2-3,6H2,1H3. The van der Waals surface area contributed by atoms with Crippen molar-refractivity contribution < 1.29 is 0 Å². The zero-order chi connectivity index (χ0) is 10.8. The normalized spacial score (nSPS) is 18.9. The summed E-state index contributed by atoms with van der Waals surface area (Å²) in [5.74, 6) is 1.12. The van der Waals surface area contributed by atoms with Gasteiger partial charge in [0.1, 0.15) is 5.84 Å². The van der Waals surface area contributed by atoms with Crippen molar-refractivity contribution in [2.75, 3.05) is 13.6 Å². The molecule has 0 bridgehead atoms. The molecule has 0 aliphatic carbocycles. The Hall–Kier alpha value is -0.730. The van der Waals surface area contributed by atoms with Crippen LogP contribution in [0.3, 0.4) is 0 Å². The summed E-state index contributed by atoms with van der Waals surface area (Å²) in [6, 6.07) is 5.45. The summed E-state index contributed by atoms with van der Waals surface area (Å²) < 4.78 is 0. The molecule has 1 fully saturated rings. The van der Waals surface area contributed by atoms with Crippen LogP contribution in [0.5, 0.6) is 0 Å². The van der Waals surface area contributed by atoms with E-state index in [-0.39, 0.29) is 0 Å². The summed E-state index contributed by atoms with van der Waals surface area (Å²) in [6.45, 7) is 1.08. The third kappa shape index (κ3) is 2.44. The highest BCUT2D eigenvalue weighted by Crippen LogP contribution is 2.27. The van der Waals surface area contributed by atoms with Crippen LogP contribution in [0.1, 0.15) is 12.8 Å². The van der Waals surface area contributed by atoms with Gasteiger partial charge in [0, 0.05) is 20.0 Å². The van der Waals surface area contributed by atoms with Crippen molar-refractivity contribution in [3.05, 3.63) is 28.2 Å². The van der Waals surface area contributed by atoms with Crippen LogP contribution in [0.15, 0.2) is 23.2 Å². The number of aliphatic imine (C=N–C) groups is 1. The third-order valence-corrected chi connectivity index (χ3v) is 3.23. The van der Waals surface area contributed by atoms with E-state index < -0.39 is 0 Å². The molecule has 0 atom stereocenters. The topological polar surface area (TPSA) is 15.6 Å². The fourth-order valence-corrected chi connectivity index (χ4v) is 1.93. The molecule has 15 heavy (non-hydrogen) atoms. The Balaban J connectivity index is 2.27. The first-order valence-corrected chi connectivity index (χ1v) is 5.66. The molecular formula is C11H12Cl2N2. The van der Waals surface area contributed by atoms with Gasteiger partial charge in [-0.05, 0) is 24.6 Å². The second kappa shape index (κ2) is 4.42. The Labute approximate surface area is 99.5 Å². The van der Waals surface area contributed by atoms with Gasteiger partial charge >= 0.3 is 0 Å². The van der Waals surface area contributed by atoms with Crippen molar-refractivity contribution in [2.24, 2.45) is 4.99 Å². The van der Waals surface area contributed by atoms with Gasteiger partial charge in [-0.3, -0.25) is 0 Å². The van der Waals surface area contributed by atoms with Crippen LogP contribution in [-0.4, -0.2) is 24.3 Å². The van der Waals surface area contributed by atoms with Crippen LogP contribution in [-0.2, 0) is 0 Å². The van der Waals surface area contributed by atoms with Gasteiger partial charge in [0.25, 0.3) is 0 Å². The van der Waals surface area contributed by atoms with Gasteiger partial charge in [-0.15, -0.1) is 0 Å². The maximum atomic E-state index is 5.92. The van der Waals surface area contributed by atoms with Crippen molar-refractivity contribution >= 4 is 34.7 Å². The first kappa shape index (κ1) is 10.8. The minimum atomic E-state index is 0.555. The number of nitrogens with zero attached hydrogens (tertiary/aromatic N) is 2. The number of rotatable bonds is 1. The first-order chi connectivity index (χ1) is 7.16. The van der Waals surface area contributed by atoms with Crippen molar-refractivity contribution in [3.8, 4) is 0 Å². The number of benzene rings is 1. The maximum absolute atomic E-state index is 5.92. The Morgan fingerprint density at radius 2 is 2.07 bits per heavy atom. The van der Waals surface area contributed by atoms with Crippen LogP contribution in [0.25, 0.3) is 0 Å². The molecule has 0 N–H and O–H groups in total. The monoisotopic (exact) mass is 242 g/mol. The molecule has 80 valence electrons. The zero-order valence-corrected chi connectivity index (χ0v) is 10.0. The Morgan fingerprint density at radius 3 is 2.67 bits per heavy atom. The molecular weight excluding hydrogens is 231 g/mol. The lowest BCUT2D eigenvalue weighted by Gasteiger charge is -2.10. The Kier molecular flexibility index (Phi) is 3.17. The van der Waals surface area contributed by atoms with E-state index in [0.29, 0.717) is 10.0 Å². The van der Waals surface area contributed by atoms with Gasteiger partial charge in [-0.1, -0.05) is 23.2 Å². The zero-order valence-electron chi connectivity index (χ0n) is 8.50. The predicted molar refractivity (Wildman–Crippen MR) is 65.4 cm³/mol. The van der Waals surface area contributed by atoms with Gasteiger partial charge in [0.05, 0.1) is 15.7 Å². The van der Waals surface area contributed by atoms with E-state index in [4.69, 9.17) is 23.2 Å². The summed E-state index contributed by atoms with van der Waals surface area (Å²) >= 11 is 11.8. The quantitative estimate of drug-likeness (QED) is 0.733. The van der Waals surface area contributed by atoms with Crippen molar-refractivity contribution in [1.82, 2.24) is 4.90 Å². The molecule has 2 rings (SSSR count). The predicted octanol–water partition coefficient (Wildman–Crippen LogP) is 3.75. The molecule has 0 aromatic heterocycles.